The molecule has 0 saturated heterocycles. The Labute approximate surface area is 129 Å². The Balaban J connectivity index is 2.11. The van der Waals surface area contributed by atoms with Crippen molar-refractivity contribution < 1.29 is 9.47 Å². The zero-order valence-corrected chi connectivity index (χ0v) is 13.8. The van der Waals surface area contributed by atoms with Crippen LogP contribution in [-0.4, -0.2) is 25.8 Å². The number of hydrogen-bond acceptors (Lipinski definition) is 3. The monoisotopic (exact) mass is 291 g/mol. The van der Waals surface area contributed by atoms with Crippen molar-refractivity contribution >= 4 is 0 Å². The fourth-order valence-corrected chi connectivity index (χ4v) is 3.21. The van der Waals surface area contributed by atoms with E-state index in [9.17, 15) is 0 Å². The van der Waals surface area contributed by atoms with Crippen LogP contribution in [0.2, 0.25) is 0 Å². The number of rotatable bonds is 6. The minimum absolute atomic E-state index is 0.220. The van der Waals surface area contributed by atoms with Crippen LogP contribution in [0.25, 0.3) is 0 Å². The topological polar surface area (TPSA) is 30.5 Å². The third-order valence-electron chi connectivity index (χ3n) is 4.57. The van der Waals surface area contributed by atoms with Gasteiger partial charge in [0.1, 0.15) is 6.10 Å². The van der Waals surface area contributed by atoms with Crippen LogP contribution in [-0.2, 0) is 0 Å². The van der Waals surface area contributed by atoms with E-state index in [1.807, 2.05) is 38.2 Å². The van der Waals surface area contributed by atoms with Crippen LogP contribution in [0, 0.1) is 11.8 Å². The van der Waals surface area contributed by atoms with Crippen LogP contribution in [0.4, 0.5) is 0 Å². The van der Waals surface area contributed by atoms with Gasteiger partial charge in [-0.05, 0) is 57.2 Å². The van der Waals surface area contributed by atoms with Gasteiger partial charge in [-0.2, -0.15) is 0 Å². The largest absolute Gasteiger partial charge is 0.490 e. The highest BCUT2D eigenvalue weighted by Crippen LogP contribution is 2.35. The number of hydrogen-bond donors (Lipinski definition) is 1. The average Bonchev–Trinajstić information content (AvgIpc) is 2.49. The van der Waals surface area contributed by atoms with Crippen molar-refractivity contribution in [1.82, 2.24) is 5.32 Å². The van der Waals surface area contributed by atoms with E-state index in [-0.39, 0.29) is 6.10 Å². The number of ether oxygens (including phenoxy) is 2. The second kappa shape index (κ2) is 7.69. The minimum Gasteiger partial charge on any atom is -0.490 e. The molecule has 0 aromatic heterocycles. The molecular weight excluding hydrogens is 262 g/mol. The molecule has 1 aromatic rings. The molecule has 0 radical (unpaired) electrons. The summed E-state index contributed by atoms with van der Waals surface area (Å²) >= 11 is 0. The Kier molecular flexibility index (Phi) is 5.92. The lowest BCUT2D eigenvalue weighted by Crippen LogP contribution is -2.46. The predicted octanol–water partition coefficient (Wildman–Crippen LogP) is 3.88. The standard InChI is InChI=1S/C18H29NO2/c1-5-20-16-8-6-7-9-17(16)21-18-12-14(13(2)3)10-11-15(18)19-4/h6-9,13-15,18-19H,5,10-12H2,1-4H3. The van der Waals surface area contributed by atoms with Crippen molar-refractivity contribution in [2.75, 3.05) is 13.7 Å². The number of benzene rings is 1. The fourth-order valence-electron chi connectivity index (χ4n) is 3.21. The van der Waals surface area contributed by atoms with Crippen molar-refractivity contribution in [3.05, 3.63) is 24.3 Å². The van der Waals surface area contributed by atoms with Gasteiger partial charge >= 0.3 is 0 Å². The van der Waals surface area contributed by atoms with E-state index in [0.29, 0.717) is 12.6 Å². The Morgan fingerprint density at radius 3 is 2.52 bits per heavy atom. The maximum Gasteiger partial charge on any atom is 0.161 e. The molecule has 1 aliphatic rings. The smallest absolute Gasteiger partial charge is 0.161 e. The van der Waals surface area contributed by atoms with E-state index in [2.05, 4.69) is 19.2 Å². The highest BCUT2D eigenvalue weighted by molar-refractivity contribution is 5.39. The molecule has 21 heavy (non-hydrogen) atoms. The van der Waals surface area contributed by atoms with Gasteiger partial charge in [0.25, 0.3) is 0 Å². The highest BCUT2D eigenvalue weighted by Gasteiger charge is 2.32. The van der Waals surface area contributed by atoms with Gasteiger partial charge in [-0.1, -0.05) is 26.0 Å². The van der Waals surface area contributed by atoms with Gasteiger partial charge in [0.05, 0.1) is 6.61 Å². The van der Waals surface area contributed by atoms with Crippen LogP contribution < -0.4 is 14.8 Å². The van der Waals surface area contributed by atoms with Crippen LogP contribution in [0.5, 0.6) is 11.5 Å². The molecule has 1 N–H and O–H groups in total. The van der Waals surface area contributed by atoms with Gasteiger partial charge in [-0.15, -0.1) is 0 Å². The number of nitrogens with one attached hydrogen (secondary N) is 1. The molecule has 1 saturated carbocycles. The van der Waals surface area contributed by atoms with Crippen molar-refractivity contribution in [2.24, 2.45) is 11.8 Å². The zero-order valence-electron chi connectivity index (χ0n) is 13.8. The van der Waals surface area contributed by atoms with Crippen molar-refractivity contribution in [2.45, 2.75) is 52.2 Å². The molecule has 0 aliphatic heterocycles. The summed E-state index contributed by atoms with van der Waals surface area (Å²) in [7, 11) is 2.03. The summed E-state index contributed by atoms with van der Waals surface area (Å²) in [5.74, 6) is 3.19. The summed E-state index contributed by atoms with van der Waals surface area (Å²) in [5, 5.41) is 3.42. The first-order valence-electron chi connectivity index (χ1n) is 8.21. The molecule has 0 spiro atoms. The quantitative estimate of drug-likeness (QED) is 0.863. The first kappa shape index (κ1) is 16.2. The van der Waals surface area contributed by atoms with E-state index < -0.39 is 0 Å². The lowest BCUT2D eigenvalue weighted by molar-refractivity contribution is 0.0720. The maximum atomic E-state index is 6.34. The van der Waals surface area contributed by atoms with E-state index >= 15 is 0 Å². The van der Waals surface area contributed by atoms with Crippen LogP contribution >= 0.6 is 0 Å². The molecule has 3 unspecified atom stereocenters. The summed E-state index contributed by atoms with van der Waals surface area (Å²) in [6.07, 6.45) is 3.80. The molecule has 1 aromatic carbocycles. The third-order valence-corrected chi connectivity index (χ3v) is 4.57. The van der Waals surface area contributed by atoms with Crippen LogP contribution in [0.1, 0.15) is 40.0 Å². The van der Waals surface area contributed by atoms with Gasteiger partial charge in [-0.3, -0.25) is 0 Å². The van der Waals surface area contributed by atoms with Crippen LogP contribution in [0.15, 0.2) is 24.3 Å². The zero-order chi connectivity index (χ0) is 15.2. The second-order valence-corrected chi connectivity index (χ2v) is 6.25. The molecule has 3 heteroatoms. The van der Waals surface area contributed by atoms with Gasteiger partial charge in [0, 0.05) is 6.04 Å². The number of likely N-dealkylation sites (N-methyl/N-ethyl adjacent to an activating group) is 1. The molecule has 0 bridgehead atoms. The third kappa shape index (κ3) is 4.13. The first-order chi connectivity index (χ1) is 10.2. The molecular formula is C18H29NO2. The van der Waals surface area contributed by atoms with E-state index in [1.165, 1.54) is 12.8 Å². The number of para-hydroxylation sites is 2. The molecule has 0 heterocycles. The van der Waals surface area contributed by atoms with Gasteiger partial charge < -0.3 is 14.8 Å². The summed E-state index contributed by atoms with van der Waals surface area (Å²) in [5.41, 5.74) is 0. The van der Waals surface area contributed by atoms with E-state index in [4.69, 9.17) is 9.47 Å². The maximum absolute atomic E-state index is 6.34. The molecule has 2 rings (SSSR count). The second-order valence-electron chi connectivity index (χ2n) is 6.25. The van der Waals surface area contributed by atoms with Crippen LogP contribution in [0.3, 0.4) is 0 Å². The highest BCUT2D eigenvalue weighted by atomic mass is 16.5. The van der Waals surface area contributed by atoms with Gasteiger partial charge in [0.2, 0.25) is 0 Å². The Hall–Kier alpha value is -1.22. The average molecular weight is 291 g/mol. The van der Waals surface area contributed by atoms with Crippen molar-refractivity contribution in [3.63, 3.8) is 0 Å². The predicted molar refractivity (Wildman–Crippen MR) is 87.1 cm³/mol. The Morgan fingerprint density at radius 1 is 1.19 bits per heavy atom. The lowest BCUT2D eigenvalue weighted by atomic mass is 9.78. The van der Waals surface area contributed by atoms with Crippen molar-refractivity contribution in [3.8, 4) is 11.5 Å². The molecule has 0 amide bonds. The first-order valence-corrected chi connectivity index (χ1v) is 8.21. The summed E-state index contributed by atoms with van der Waals surface area (Å²) in [4.78, 5) is 0. The molecule has 3 nitrogen and oxygen atoms in total. The molecule has 1 aliphatic carbocycles. The van der Waals surface area contributed by atoms with E-state index in [1.54, 1.807) is 0 Å². The Morgan fingerprint density at radius 2 is 1.90 bits per heavy atom. The molecule has 1 fully saturated rings. The van der Waals surface area contributed by atoms with Gasteiger partial charge in [0.15, 0.2) is 11.5 Å². The van der Waals surface area contributed by atoms with Gasteiger partial charge in [-0.25, -0.2) is 0 Å². The molecule has 118 valence electrons. The lowest BCUT2D eigenvalue weighted by Gasteiger charge is -2.37. The normalized spacial score (nSPS) is 25.9. The minimum atomic E-state index is 0.220. The Bertz CT molecular complexity index is 433. The SMILES string of the molecule is CCOc1ccccc1OC1CC(C(C)C)CCC1NC. The summed E-state index contributed by atoms with van der Waals surface area (Å²) < 4.78 is 12.0. The molecule has 3 atom stereocenters. The fraction of sp³-hybridized carbons (Fsp3) is 0.667. The van der Waals surface area contributed by atoms with E-state index in [0.717, 1.165) is 29.8 Å². The summed E-state index contributed by atoms with van der Waals surface area (Å²) in [6.45, 7) is 7.29. The summed E-state index contributed by atoms with van der Waals surface area (Å²) in [6, 6.07) is 8.42. The van der Waals surface area contributed by atoms with Crippen molar-refractivity contribution in [1.29, 1.82) is 0 Å².